The number of nitriles is 1. The number of benzene rings is 1. The second kappa shape index (κ2) is 5.19. The number of halogens is 3. The Labute approximate surface area is 141 Å². The van der Waals surface area contributed by atoms with E-state index in [-0.39, 0.29) is 17.5 Å². The summed E-state index contributed by atoms with van der Waals surface area (Å²) in [7, 11) is 0. The minimum Gasteiger partial charge on any atom is -0.274 e. The highest BCUT2D eigenvalue weighted by Gasteiger charge is 2.57. The Bertz CT molecular complexity index is 821. The van der Waals surface area contributed by atoms with Gasteiger partial charge in [-0.1, -0.05) is 12.2 Å². The number of fused-ring (bicyclic) bond motifs is 1. The first-order valence-electron chi connectivity index (χ1n) is 8.00. The molecule has 2 bridgehead atoms. The Hall–Kier alpha value is -2.62. The number of nitrogens with zero attached hydrogens (tertiary/aromatic N) is 2. The van der Waals surface area contributed by atoms with Gasteiger partial charge >= 0.3 is 6.18 Å². The van der Waals surface area contributed by atoms with Crippen LogP contribution >= 0.6 is 0 Å². The third kappa shape index (κ3) is 2.20. The molecule has 4 atom stereocenters. The van der Waals surface area contributed by atoms with Crippen molar-refractivity contribution in [3.05, 3.63) is 41.5 Å². The maximum atomic E-state index is 13.2. The molecule has 2 amide bonds. The van der Waals surface area contributed by atoms with E-state index < -0.39 is 41.0 Å². The molecule has 4 aliphatic rings. The van der Waals surface area contributed by atoms with Crippen molar-refractivity contribution in [3.63, 3.8) is 0 Å². The van der Waals surface area contributed by atoms with Gasteiger partial charge in [-0.25, -0.2) is 0 Å². The molecule has 7 heteroatoms. The lowest BCUT2D eigenvalue weighted by molar-refractivity contribution is -0.138. The third-order valence-corrected chi connectivity index (χ3v) is 5.45. The van der Waals surface area contributed by atoms with Gasteiger partial charge in [-0.05, 0) is 42.9 Å². The number of rotatable bonds is 1. The number of hydrogen-bond acceptors (Lipinski definition) is 3. The van der Waals surface area contributed by atoms with Gasteiger partial charge in [-0.15, -0.1) is 0 Å². The second-order valence-corrected chi connectivity index (χ2v) is 6.69. The van der Waals surface area contributed by atoms with Gasteiger partial charge in [0.15, 0.2) is 0 Å². The zero-order valence-corrected chi connectivity index (χ0v) is 13.0. The molecular weight excluding hydrogens is 333 g/mol. The van der Waals surface area contributed by atoms with E-state index in [2.05, 4.69) is 0 Å². The normalized spacial score (nSPS) is 30.6. The van der Waals surface area contributed by atoms with Crippen molar-refractivity contribution in [1.82, 2.24) is 0 Å². The van der Waals surface area contributed by atoms with Crippen LogP contribution in [-0.2, 0) is 15.8 Å². The van der Waals surface area contributed by atoms with E-state index in [9.17, 15) is 22.8 Å². The average Bonchev–Trinajstić information content (AvgIpc) is 2.88. The molecule has 2 fully saturated rings. The molecule has 0 spiro atoms. The zero-order chi connectivity index (χ0) is 17.9. The molecule has 128 valence electrons. The molecule has 1 aromatic rings. The van der Waals surface area contributed by atoms with Gasteiger partial charge in [0, 0.05) is 0 Å². The lowest BCUT2D eigenvalue weighted by Crippen LogP contribution is -2.38. The number of alkyl halides is 3. The molecule has 0 N–H and O–H groups in total. The number of carbonyl (C=O) groups excluding carboxylic acids is 2. The number of imide groups is 1. The highest BCUT2D eigenvalue weighted by molar-refractivity contribution is 6.22. The van der Waals surface area contributed by atoms with E-state index in [1.54, 1.807) is 0 Å². The fourth-order valence-electron chi connectivity index (χ4n) is 4.33. The highest BCUT2D eigenvalue weighted by atomic mass is 19.4. The Kier molecular flexibility index (Phi) is 3.29. The quantitative estimate of drug-likeness (QED) is 0.579. The Balaban J connectivity index is 1.78. The molecule has 0 radical (unpaired) electrons. The van der Waals surface area contributed by atoms with Crippen LogP contribution in [0.1, 0.15) is 24.0 Å². The first-order chi connectivity index (χ1) is 11.8. The molecule has 1 saturated heterocycles. The van der Waals surface area contributed by atoms with E-state index in [0.29, 0.717) is 0 Å². The molecule has 1 heterocycles. The summed E-state index contributed by atoms with van der Waals surface area (Å²) in [5, 5.41) is 8.88. The number of hydrogen-bond donors (Lipinski definition) is 0. The van der Waals surface area contributed by atoms with Crippen LogP contribution in [0.15, 0.2) is 30.4 Å². The predicted molar refractivity (Wildman–Crippen MR) is 81.0 cm³/mol. The molecule has 25 heavy (non-hydrogen) atoms. The lowest BCUT2D eigenvalue weighted by atomic mass is 9.63. The Morgan fingerprint density at radius 3 is 2.04 bits per heavy atom. The first kappa shape index (κ1) is 15.9. The van der Waals surface area contributed by atoms with Crippen LogP contribution in [0.2, 0.25) is 0 Å². The summed E-state index contributed by atoms with van der Waals surface area (Å²) in [6.07, 6.45) is 0.792. The predicted octanol–water partition coefficient (Wildman–Crippen LogP) is 3.28. The van der Waals surface area contributed by atoms with Crippen molar-refractivity contribution in [2.24, 2.45) is 23.7 Å². The number of amides is 2. The van der Waals surface area contributed by atoms with Crippen molar-refractivity contribution >= 4 is 17.5 Å². The molecule has 3 aliphatic carbocycles. The van der Waals surface area contributed by atoms with Crippen molar-refractivity contribution in [2.45, 2.75) is 19.0 Å². The summed E-state index contributed by atoms with van der Waals surface area (Å²) in [6.45, 7) is 0. The topological polar surface area (TPSA) is 61.2 Å². The molecule has 4 nitrogen and oxygen atoms in total. The summed E-state index contributed by atoms with van der Waals surface area (Å²) < 4.78 is 39.5. The number of allylic oxidation sites excluding steroid dienone is 2. The summed E-state index contributed by atoms with van der Waals surface area (Å²) in [5.41, 5.74) is -1.78. The summed E-state index contributed by atoms with van der Waals surface area (Å²) >= 11 is 0. The number of anilines is 1. The van der Waals surface area contributed by atoms with Crippen LogP contribution in [0.5, 0.6) is 0 Å². The molecule has 1 aliphatic heterocycles. The van der Waals surface area contributed by atoms with Crippen molar-refractivity contribution in [1.29, 1.82) is 5.26 Å². The largest absolute Gasteiger partial charge is 0.417 e. The van der Waals surface area contributed by atoms with Crippen LogP contribution < -0.4 is 4.90 Å². The fourth-order valence-corrected chi connectivity index (χ4v) is 4.33. The van der Waals surface area contributed by atoms with Crippen LogP contribution in [0.25, 0.3) is 0 Å². The smallest absolute Gasteiger partial charge is 0.274 e. The van der Waals surface area contributed by atoms with Gasteiger partial charge < -0.3 is 0 Å². The maximum Gasteiger partial charge on any atom is 0.417 e. The maximum absolute atomic E-state index is 13.2. The standard InChI is InChI=1S/C18H13F3N2O2/c19-18(20,21)13-7-12(6-5-11(13)8-22)23-16(24)14-9-1-2-10(4-3-9)15(14)17(23)25/h1-2,5-7,9-10,14-15H,3-4H2. The van der Waals surface area contributed by atoms with Gasteiger partial charge in [0.25, 0.3) is 0 Å². The summed E-state index contributed by atoms with van der Waals surface area (Å²) in [4.78, 5) is 26.4. The summed E-state index contributed by atoms with van der Waals surface area (Å²) in [6, 6.07) is 4.46. The minimum absolute atomic E-state index is 0.0306. The SMILES string of the molecule is N#Cc1ccc(N2C(=O)C3C4C=CC(CC4)C3C2=O)cc1C(F)(F)F. The first-order valence-corrected chi connectivity index (χ1v) is 8.00. The van der Waals surface area contributed by atoms with Crippen LogP contribution in [0, 0.1) is 35.0 Å². The molecule has 0 aromatic heterocycles. The molecule has 1 saturated carbocycles. The van der Waals surface area contributed by atoms with E-state index >= 15 is 0 Å². The van der Waals surface area contributed by atoms with Crippen LogP contribution in [0.4, 0.5) is 18.9 Å². The van der Waals surface area contributed by atoms with Gasteiger partial charge in [0.2, 0.25) is 11.8 Å². The lowest BCUT2D eigenvalue weighted by Gasteiger charge is -2.38. The van der Waals surface area contributed by atoms with Crippen molar-refractivity contribution < 1.29 is 22.8 Å². The van der Waals surface area contributed by atoms with Gasteiger partial charge in [0.1, 0.15) is 0 Å². The summed E-state index contributed by atoms with van der Waals surface area (Å²) in [5.74, 6) is -1.91. The van der Waals surface area contributed by atoms with Crippen LogP contribution in [0.3, 0.4) is 0 Å². The molecule has 1 aromatic carbocycles. The monoisotopic (exact) mass is 346 g/mol. The van der Waals surface area contributed by atoms with Crippen LogP contribution in [-0.4, -0.2) is 11.8 Å². The molecule has 4 unspecified atom stereocenters. The van der Waals surface area contributed by atoms with Crippen molar-refractivity contribution in [2.75, 3.05) is 4.90 Å². The van der Waals surface area contributed by atoms with Gasteiger partial charge in [-0.3, -0.25) is 14.5 Å². The van der Waals surface area contributed by atoms with E-state index in [1.165, 1.54) is 12.1 Å². The third-order valence-electron chi connectivity index (χ3n) is 5.45. The van der Waals surface area contributed by atoms with E-state index in [4.69, 9.17) is 5.26 Å². The molecular formula is C18H13F3N2O2. The van der Waals surface area contributed by atoms with E-state index in [1.807, 2.05) is 12.2 Å². The average molecular weight is 346 g/mol. The second-order valence-electron chi connectivity index (χ2n) is 6.69. The fraction of sp³-hybridized carbons (Fsp3) is 0.389. The Morgan fingerprint density at radius 2 is 1.60 bits per heavy atom. The van der Waals surface area contributed by atoms with Crippen molar-refractivity contribution in [3.8, 4) is 6.07 Å². The van der Waals surface area contributed by atoms with Gasteiger partial charge in [-0.2, -0.15) is 18.4 Å². The Morgan fingerprint density at radius 1 is 1.04 bits per heavy atom. The highest BCUT2D eigenvalue weighted by Crippen LogP contribution is 2.50. The van der Waals surface area contributed by atoms with E-state index in [0.717, 1.165) is 29.9 Å². The zero-order valence-electron chi connectivity index (χ0n) is 13.0. The number of carbonyl (C=O) groups is 2. The minimum atomic E-state index is -4.74. The molecule has 5 rings (SSSR count). The van der Waals surface area contributed by atoms with Gasteiger partial charge in [0.05, 0.1) is 34.7 Å².